The molecule has 68 valence electrons. The molecule has 1 unspecified atom stereocenters. The van der Waals surface area contributed by atoms with E-state index in [4.69, 9.17) is 0 Å². The molecule has 1 aromatic carbocycles. The zero-order valence-electron chi connectivity index (χ0n) is 7.41. The van der Waals surface area contributed by atoms with E-state index in [0.717, 1.165) is 11.8 Å². The van der Waals surface area contributed by atoms with Gasteiger partial charge in [0.2, 0.25) is 0 Å². The predicted molar refractivity (Wildman–Crippen MR) is 59.8 cm³/mol. The van der Waals surface area contributed by atoms with Crippen LogP contribution in [0.5, 0.6) is 0 Å². The van der Waals surface area contributed by atoms with Crippen LogP contribution in [-0.4, -0.2) is 17.1 Å². The van der Waals surface area contributed by atoms with E-state index < -0.39 is 0 Å². The lowest BCUT2D eigenvalue weighted by molar-refractivity contribution is 0.753. The van der Waals surface area contributed by atoms with Crippen LogP contribution in [0, 0.1) is 0 Å². The summed E-state index contributed by atoms with van der Waals surface area (Å²) in [6.45, 7) is 0. The summed E-state index contributed by atoms with van der Waals surface area (Å²) in [6, 6.07) is 10.9. The van der Waals surface area contributed by atoms with Crippen molar-refractivity contribution in [1.82, 2.24) is 0 Å². The molecule has 0 aromatic heterocycles. The van der Waals surface area contributed by atoms with Gasteiger partial charge in [0, 0.05) is 11.0 Å². The van der Waals surface area contributed by atoms with Crippen molar-refractivity contribution < 1.29 is 0 Å². The highest BCUT2D eigenvalue weighted by atomic mass is 79.9. The number of nitrogens with zero attached hydrogens (tertiary/aromatic N) is 1. The summed E-state index contributed by atoms with van der Waals surface area (Å²) in [5, 5.41) is 0.989. The molecule has 13 heavy (non-hydrogen) atoms. The van der Waals surface area contributed by atoms with Crippen molar-refractivity contribution in [3.8, 4) is 0 Å². The molecule has 0 amide bonds. The van der Waals surface area contributed by atoms with Gasteiger partial charge in [0.15, 0.2) is 0 Å². The smallest absolute Gasteiger partial charge is 0.0603 e. The number of hydrogen-bond donors (Lipinski definition) is 0. The van der Waals surface area contributed by atoms with Crippen LogP contribution in [0.1, 0.15) is 18.4 Å². The first-order valence-corrected chi connectivity index (χ1v) is 5.70. The Morgan fingerprint density at radius 3 is 2.69 bits per heavy atom. The van der Waals surface area contributed by atoms with Gasteiger partial charge >= 0.3 is 0 Å². The van der Waals surface area contributed by atoms with E-state index in [-0.39, 0.29) is 0 Å². The highest BCUT2D eigenvalue weighted by Gasteiger charge is 2.16. The lowest BCUT2D eigenvalue weighted by Crippen LogP contribution is -1.98. The molecule has 2 rings (SSSR count). The van der Waals surface area contributed by atoms with E-state index in [1.807, 2.05) is 6.07 Å². The fraction of sp³-hybridized carbons (Fsp3) is 0.364. The molecule has 0 saturated carbocycles. The summed E-state index contributed by atoms with van der Waals surface area (Å²) in [7, 11) is 0. The summed E-state index contributed by atoms with van der Waals surface area (Å²) in [4.78, 5) is 4.65. The molecule has 0 saturated heterocycles. The van der Waals surface area contributed by atoms with Crippen molar-refractivity contribution in [3.05, 3.63) is 35.9 Å². The van der Waals surface area contributed by atoms with Crippen LogP contribution in [0.25, 0.3) is 0 Å². The number of halogens is 1. The number of rotatable bonds is 2. The van der Waals surface area contributed by atoms with Crippen molar-refractivity contribution in [2.45, 2.75) is 18.9 Å². The second-order valence-corrected chi connectivity index (χ2v) is 3.94. The molecule has 0 spiro atoms. The highest BCUT2D eigenvalue weighted by Crippen LogP contribution is 2.19. The molecule has 1 aliphatic heterocycles. The summed E-state index contributed by atoms with van der Waals surface area (Å²) < 4.78 is 0. The van der Waals surface area contributed by atoms with E-state index in [0.29, 0.717) is 6.04 Å². The molecule has 2 heteroatoms. The molecular weight excluding hydrogens is 226 g/mol. The highest BCUT2D eigenvalue weighted by molar-refractivity contribution is 9.09. The molecular formula is C11H12BrN. The van der Waals surface area contributed by atoms with Gasteiger partial charge in [-0.15, -0.1) is 0 Å². The molecule has 1 aliphatic rings. The van der Waals surface area contributed by atoms with Gasteiger partial charge in [0.25, 0.3) is 0 Å². The SMILES string of the molecule is BrCC1CCC(c2ccccc2)=N1. The molecule has 1 heterocycles. The Balaban J connectivity index is 2.19. The number of benzene rings is 1. The van der Waals surface area contributed by atoms with Gasteiger partial charge in [0.05, 0.1) is 6.04 Å². The molecule has 1 atom stereocenters. The van der Waals surface area contributed by atoms with Gasteiger partial charge in [0.1, 0.15) is 0 Å². The average Bonchev–Trinajstić information content (AvgIpc) is 2.67. The van der Waals surface area contributed by atoms with Crippen molar-refractivity contribution in [2.24, 2.45) is 4.99 Å². The minimum atomic E-state index is 0.496. The average molecular weight is 238 g/mol. The van der Waals surface area contributed by atoms with Gasteiger partial charge in [-0.05, 0) is 18.4 Å². The standard InChI is InChI=1S/C11H12BrN/c12-8-10-6-7-11(13-10)9-4-2-1-3-5-9/h1-5,10H,6-8H2. The van der Waals surface area contributed by atoms with E-state index in [9.17, 15) is 0 Å². The van der Waals surface area contributed by atoms with Crippen LogP contribution in [0.15, 0.2) is 35.3 Å². The Morgan fingerprint density at radius 1 is 1.31 bits per heavy atom. The van der Waals surface area contributed by atoms with E-state index in [1.54, 1.807) is 0 Å². The normalized spacial score (nSPS) is 21.6. The zero-order valence-corrected chi connectivity index (χ0v) is 9.00. The second-order valence-electron chi connectivity index (χ2n) is 3.29. The maximum absolute atomic E-state index is 4.65. The Kier molecular flexibility index (Phi) is 2.79. The maximum atomic E-state index is 4.65. The van der Waals surface area contributed by atoms with Crippen molar-refractivity contribution in [2.75, 3.05) is 5.33 Å². The Hall–Kier alpha value is -0.630. The van der Waals surface area contributed by atoms with Crippen LogP contribution in [0.3, 0.4) is 0 Å². The Morgan fingerprint density at radius 2 is 2.08 bits per heavy atom. The van der Waals surface area contributed by atoms with Crippen LogP contribution in [-0.2, 0) is 0 Å². The maximum Gasteiger partial charge on any atom is 0.0603 e. The number of aliphatic imine (C=N–C) groups is 1. The lowest BCUT2D eigenvalue weighted by atomic mass is 10.1. The quantitative estimate of drug-likeness (QED) is 0.702. The Labute approximate surface area is 87.0 Å². The fourth-order valence-electron chi connectivity index (χ4n) is 1.61. The fourth-order valence-corrected chi connectivity index (χ4v) is 2.08. The van der Waals surface area contributed by atoms with Gasteiger partial charge < -0.3 is 0 Å². The first kappa shape index (κ1) is 8.95. The predicted octanol–water partition coefficient (Wildman–Crippen LogP) is 3.03. The van der Waals surface area contributed by atoms with Crippen molar-refractivity contribution >= 4 is 21.6 Å². The first-order chi connectivity index (χ1) is 6.40. The molecule has 1 aromatic rings. The van der Waals surface area contributed by atoms with Gasteiger partial charge in [-0.25, -0.2) is 0 Å². The first-order valence-electron chi connectivity index (χ1n) is 4.58. The number of hydrogen-bond acceptors (Lipinski definition) is 1. The molecule has 0 N–H and O–H groups in total. The van der Waals surface area contributed by atoms with E-state index >= 15 is 0 Å². The zero-order chi connectivity index (χ0) is 9.10. The van der Waals surface area contributed by atoms with Crippen molar-refractivity contribution in [3.63, 3.8) is 0 Å². The van der Waals surface area contributed by atoms with E-state index in [1.165, 1.54) is 17.7 Å². The van der Waals surface area contributed by atoms with Gasteiger partial charge in [-0.2, -0.15) is 0 Å². The second kappa shape index (κ2) is 4.05. The number of alkyl halides is 1. The summed E-state index contributed by atoms with van der Waals surface area (Å²) >= 11 is 3.47. The minimum Gasteiger partial charge on any atom is -0.285 e. The monoisotopic (exact) mass is 237 g/mol. The van der Waals surface area contributed by atoms with E-state index in [2.05, 4.69) is 45.2 Å². The van der Waals surface area contributed by atoms with Crippen LogP contribution < -0.4 is 0 Å². The van der Waals surface area contributed by atoms with Crippen LogP contribution in [0.4, 0.5) is 0 Å². The van der Waals surface area contributed by atoms with Crippen LogP contribution in [0.2, 0.25) is 0 Å². The molecule has 0 fully saturated rings. The van der Waals surface area contributed by atoms with Crippen molar-refractivity contribution in [1.29, 1.82) is 0 Å². The minimum absolute atomic E-state index is 0.496. The summed E-state index contributed by atoms with van der Waals surface area (Å²) in [6.07, 6.45) is 2.32. The largest absolute Gasteiger partial charge is 0.285 e. The molecule has 0 radical (unpaired) electrons. The Bertz CT molecular complexity index is 305. The van der Waals surface area contributed by atoms with Gasteiger partial charge in [-0.3, -0.25) is 4.99 Å². The van der Waals surface area contributed by atoms with Crippen LogP contribution >= 0.6 is 15.9 Å². The summed E-state index contributed by atoms with van der Waals surface area (Å²) in [5.74, 6) is 0. The lowest BCUT2D eigenvalue weighted by Gasteiger charge is -1.98. The van der Waals surface area contributed by atoms with Gasteiger partial charge in [-0.1, -0.05) is 46.3 Å². The third-order valence-corrected chi connectivity index (χ3v) is 3.09. The summed E-state index contributed by atoms with van der Waals surface area (Å²) in [5.41, 5.74) is 2.55. The molecule has 0 aliphatic carbocycles. The topological polar surface area (TPSA) is 12.4 Å². The molecule has 1 nitrogen and oxygen atoms in total. The third-order valence-electron chi connectivity index (χ3n) is 2.34. The third kappa shape index (κ3) is 1.99. The molecule has 0 bridgehead atoms.